The molecule has 2 aromatic rings. The summed E-state index contributed by atoms with van der Waals surface area (Å²) >= 11 is 0. The monoisotopic (exact) mass is 525 g/mol. The normalized spacial score (nSPS) is 19.7. The molecular formula is C30H34F3N3O2. The van der Waals surface area contributed by atoms with Crippen LogP contribution < -0.4 is 0 Å². The van der Waals surface area contributed by atoms with E-state index in [-0.39, 0.29) is 18.5 Å². The third-order valence-electron chi connectivity index (χ3n) is 8.11. The number of carbonyl (C=O) groups is 2. The van der Waals surface area contributed by atoms with Crippen LogP contribution in [0.1, 0.15) is 72.5 Å². The molecule has 0 spiro atoms. The van der Waals surface area contributed by atoms with E-state index in [0.29, 0.717) is 19.4 Å². The van der Waals surface area contributed by atoms with E-state index in [1.807, 2.05) is 67.3 Å². The van der Waals surface area contributed by atoms with Crippen molar-refractivity contribution in [2.24, 2.45) is 0 Å². The van der Waals surface area contributed by atoms with Crippen molar-refractivity contribution in [1.82, 2.24) is 14.7 Å². The molecule has 1 aliphatic carbocycles. The zero-order valence-electron chi connectivity index (χ0n) is 21.9. The maximum absolute atomic E-state index is 13.6. The highest BCUT2D eigenvalue weighted by Gasteiger charge is 2.42. The molecule has 0 N–H and O–H groups in total. The highest BCUT2D eigenvalue weighted by Crippen LogP contribution is 2.45. The summed E-state index contributed by atoms with van der Waals surface area (Å²) in [7, 11) is 0. The number of nitrogens with zero attached hydrogens (tertiary/aromatic N) is 3. The summed E-state index contributed by atoms with van der Waals surface area (Å²) in [5, 5.41) is 0. The number of likely N-dealkylation sites (tertiary alicyclic amines) is 1. The Morgan fingerprint density at radius 1 is 1.03 bits per heavy atom. The van der Waals surface area contributed by atoms with Crippen molar-refractivity contribution in [3.63, 3.8) is 0 Å². The lowest BCUT2D eigenvalue weighted by molar-refractivity contribution is -0.161. The summed E-state index contributed by atoms with van der Waals surface area (Å²) in [6.07, 6.45) is -1.61. The first-order chi connectivity index (χ1) is 18.2. The predicted molar refractivity (Wildman–Crippen MR) is 140 cm³/mol. The maximum Gasteiger partial charge on any atom is 0.406 e. The third kappa shape index (κ3) is 4.93. The maximum atomic E-state index is 13.6. The minimum absolute atomic E-state index is 0.0863. The average molecular weight is 526 g/mol. The van der Waals surface area contributed by atoms with Crippen LogP contribution in [0.15, 0.2) is 54.1 Å². The van der Waals surface area contributed by atoms with Gasteiger partial charge in [0.05, 0.1) is 5.92 Å². The number of carbonyl (C=O) groups excluding carboxylic acids is 2. The van der Waals surface area contributed by atoms with E-state index in [2.05, 4.69) is 4.90 Å². The van der Waals surface area contributed by atoms with Crippen LogP contribution in [0.2, 0.25) is 0 Å². The van der Waals surface area contributed by atoms with Gasteiger partial charge in [0.15, 0.2) is 0 Å². The number of unbranched alkanes of at least 4 members (excludes halogenated alkanes) is 1. The smallest absolute Gasteiger partial charge is 0.371 e. The molecule has 8 heteroatoms. The number of hydrogen-bond donors (Lipinski definition) is 0. The van der Waals surface area contributed by atoms with Gasteiger partial charge in [-0.15, -0.1) is 0 Å². The van der Waals surface area contributed by atoms with Gasteiger partial charge in [0.2, 0.25) is 5.91 Å². The van der Waals surface area contributed by atoms with Crippen molar-refractivity contribution in [1.29, 1.82) is 0 Å². The second kappa shape index (κ2) is 10.5. The van der Waals surface area contributed by atoms with Crippen molar-refractivity contribution in [3.05, 3.63) is 76.4 Å². The Morgan fingerprint density at radius 3 is 2.34 bits per heavy atom. The SMILES string of the molecule is CCCCN(CC(F)(F)F)C(=O)C1C(C)=C(N2CCC(N3Cc4ccccc4C3=O)CC2)c2ccccc21. The number of amides is 2. The first kappa shape index (κ1) is 26.3. The molecule has 202 valence electrons. The number of rotatable bonds is 7. The van der Waals surface area contributed by atoms with Crippen LogP contribution >= 0.6 is 0 Å². The largest absolute Gasteiger partial charge is 0.406 e. The summed E-state index contributed by atoms with van der Waals surface area (Å²) in [5.41, 5.74) is 5.32. The molecular weight excluding hydrogens is 491 g/mol. The highest BCUT2D eigenvalue weighted by molar-refractivity contribution is 5.98. The molecule has 38 heavy (non-hydrogen) atoms. The van der Waals surface area contributed by atoms with Crippen LogP contribution in [0.4, 0.5) is 13.2 Å². The van der Waals surface area contributed by atoms with E-state index in [1.54, 1.807) is 0 Å². The van der Waals surface area contributed by atoms with Gasteiger partial charge in [-0.25, -0.2) is 0 Å². The standard InChI is InChI=1S/C30H34F3N3O2/c1-3-4-15-35(19-30(31,32)33)29(38)26-20(2)27(25-12-8-7-11-24(25)26)34-16-13-22(14-17-34)36-18-21-9-5-6-10-23(21)28(36)37/h5-12,22,26H,3-4,13-19H2,1-2H3. The molecule has 2 heterocycles. The molecule has 0 radical (unpaired) electrons. The number of benzene rings is 2. The van der Waals surface area contributed by atoms with E-state index in [4.69, 9.17) is 0 Å². The Labute approximate surface area is 221 Å². The highest BCUT2D eigenvalue weighted by atomic mass is 19.4. The van der Waals surface area contributed by atoms with Crippen LogP contribution in [-0.2, 0) is 11.3 Å². The minimum Gasteiger partial charge on any atom is -0.371 e. The second-order valence-electron chi connectivity index (χ2n) is 10.6. The Morgan fingerprint density at radius 2 is 1.68 bits per heavy atom. The molecule has 3 aliphatic rings. The van der Waals surface area contributed by atoms with Crippen LogP contribution in [0, 0.1) is 0 Å². The van der Waals surface area contributed by atoms with Crippen LogP contribution in [0.3, 0.4) is 0 Å². The lowest BCUT2D eigenvalue weighted by atomic mass is 9.95. The quantitative estimate of drug-likeness (QED) is 0.457. The van der Waals surface area contributed by atoms with Crippen LogP contribution in [0.25, 0.3) is 5.70 Å². The molecule has 0 bridgehead atoms. The number of alkyl halides is 3. The molecule has 1 fully saturated rings. The van der Waals surface area contributed by atoms with E-state index >= 15 is 0 Å². The van der Waals surface area contributed by atoms with Gasteiger partial charge in [0.25, 0.3) is 5.91 Å². The van der Waals surface area contributed by atoms with Crippen molar-refractivity contribution in [3.8, 4) is 0 Å². The summed E-state index contributed by atoms with van der Waals surface area (Å²) in [6.45, 7) is 4.72. The molecule has 2 aliphatic heterocycles. The Balaban J connectivity index is 1.36. The Kier molecular flexibility index (Phi) is 7.25. The van der Waals surface area contributed by atoms with Crippen molar-refractivity contribution < 1.29 is 22.8 Å². The van der Waals surface area contributed by atoms with Crippen LogP contribution in [-0.4, -0.2) is 64.9 Å². The first-order valence-electron chi connectivity index (χ1n) is 13.5. The first-order valence-corrected chi connectivity index (χ1v) is 13.5. The molecule has 1 saturated heterocycles. The van der Waals surface area contributed by atoms with E-state index in [9.17, 15) is 22.8 Å². The Hall–Kier alpha value is -3.29. The van der Waals surface area contributed by atoms with E-state index < -0.39 is 24.5 Å². The number of piperidine rings is 1. The van der Waals surface area contributed by atoms with Gasteiger partial charge < -0.3 is 14.7 Å². The van der Waals surface area contributed by atoms with Crippen LogP contribution in [0.5, 0.6) is 0 Å². The number of halogens is 3. The third-order valence-corrected chi connectivity index (χ3v) is 8.11. The van der Waals surface area contributed by atoms with Gasteiger partial charge in [0, 0.05) is 49.0 Å². The average Bonchev–Trinajstić information content (AvgIpc) is 3.39. The van der Waals surface area contributed by atoms with E-state index in [1.165, 1.54) is 0 Å². The Bertz CT molecular complexity index is 1250. The summed E-state index contributed by atoms with van der Waals surface area (Å²) in [6, 6.07) is 15.5. The van der Waals surface area contributed by atoms with Gasteiger partial charge in [0.1, 0.15) is 6.54 Å². The predicted octanol–water partition coefficient (Wildman–Crippen LogP) is 5.83. The zero-order valence-corrected chi connectivity index (χ0v) is 21.9. The van der Waals surface area contributed by atoms with Gasteiger partial charge in [-0.3, -0.25) is 9.59 Å². The number of fused-ring (bicyclic) bond motifs is 2. The molecule has 2 amide bonds. The summed E-state index contributed by atoms with van der Waals surface area (Å²) in [5.74, 6) is -1.11. The van der Waals surface area contributed by atoms with Gasteiger partial charge in [-0.1, -0.05) is 55.8 Å². The zero-order chi connectivity index (χ0) is 27.0. The fourth-order valence-corrected chi connectivity index (χ4v) is 6.27. The molecule has 5 rings (SSSR count). The fourth-order valence-electron chi connectivity index (χ4n) is 6.27. The molecule has 1 atom stereocenters. The minimum atomic E-state index is -4.45. The lowest BCUT2D eigenvalue weighted by Gasteiger charge is -2.39. The second-order valence-corrected chi connectivity index (χ2v) is 10.6. The summed E-state index contributed by atoms with van der Waals surface area (Å²) in [4.78, 5) is 31.8. The molecule has 0 aromatic heterocycles. The molecule has 5 nitrogen and oxygen atoms in total. The molecule has 2 aromatic carbocycles. The lowest BCUT2D eigenvalue weighted by Crippen LogP contribution is -2.44. The van der Waals surface area contributed by atoms with Gasteiger partial charge in [-0.05, 0) is 49.0 Å². The molecule has 1 unspecified atom stereocenters. The van der Waals surface area contributed by atoms with Gasteiger partial charge >= 0.3 is 6.18 Å². The fraction of sp³-hybridized carbons (Fsp3) is 0.467. The topological polar surface area (TPSA) is 43.9 Å². The summed E-state index contributed by atoms with van der Waals surface area (Å²) < 4.78 is 40.1. The van der Waals surface area contributed by atoms with Crippen molar-refractivity contribution >= 4 is 17.5 Å². The van der Waals surface area contributed by atoms with Crippen molar-refractivity contribution in [2.75, 3.05) is 26.2 Å². The van der Waals surface area contributed by atoms with Gasteiger partial charge in [-0.2, -0.15) is 13.2 Å². The van der Waals surface area contributed by atoms with Crippen molar-refractivity contribution in [2.45, 2.75) is 64.2 Å². The molecule has 0 saturated carbocycles. The number of hydrogen-bond acceptors (Lipinski definition) is 3. The van der Waals surface area contributed by atoms with E-state index in [0.717, 1.165) is 64.4 Å².